The summed E-state index contributed by atoms with van der Waals surface area (Å²) in [4.78, 5) is 0. The van der Waals surface area contributed by atoms with Crippen LogP contribution in [0.15, 0.2) is 0 Å². The molecule has 0 atom stereocenters. The molecule has 0 bridgehead atoms. The molecule has 2 heteroatoms. The van der Waals surface area contributed by atoms with E-state index < -0.39 is 0 Å². The number of hydrogen-bond donors (Lipinski definition) is 1. The summed E-state index contributed by atoms with van der Waals surface area (Å²) in [5.41, 5.74) is 0.605. The van der Waals surface area contributed by atoms with E-state index >= 15 is 0 Å². The molecule has 0 spiro atoms. The van der Waals surface area contributed by atoms with Gasteiger partial charge in [0.1, 0.15) is 0 Å². The fourth-order valence-corrected chi connectivity index (χ4v) is 1.52. The summed E-state index contributed by atoms with van der Waals surface area (Å²) >= 11 is 0. The van der Waals surface area contributed by atoms with Crippen LogP contribution in [0.1, 0.15) is 26.2 Å². The summed E-state index contributed by atoms with van der Waals surface area (Å²) in [6.45, 7) is 5.34. The fraction of sp³-hybridized carbons (Fsp3) is 1.00. The van der Waals surface area contributed by atoms with Crippen LogP contribution in [0, 0.1) is 5.41 Å². The van der Waals surface area contributed by atoms with Gasteiger partial charge in [-0.1, -0.05) is 13.3 Å². The zero-order valence-electron chi connectivity index (χ0n) is 7.65. The van der Waals surface area contributed by atoms with E-state index in [0.29, 0.717) is 5.41 Å². The predicted octanol–water partition coefficient (Wildman–Crippen LogP) is 1.41. The zero-order chi connectivity index (χ0) is 8.16. The number of ether oxygens (including phenoxy) is 1. The van der Waals surface area contributed by atoms with E-state index in [1.54, 1.807) is 7.11 Å². The van der Waals surface area contributed by atoms with Crippen LogP contribution in [0.25, 0.3) is 0 Å². The van der Waals surface area contributed by atoms with Gasteiger partial charge in [-0.2, -0.15) is 0 Å². The van der Waals surface area contributed by atoms with Gasteiger partial charge in [-0.05, 0) is 18.3 Å². The highest BCUT2D eigenvalue weighted by atomic mass is 16.5. The molecule has 0 unspecified atom stereocenters. The largest absolute Gasteiger partial charge is 0.383 e. The van der Waals surface area contributed by atoms with Gasteiger partial charge in [0.2, 0.25) is 0 Å². The second-order valence-corrected chi connectivity index (χ2v) is 3.83. The average molecular weight is 157 g/mol. The standard InChI is InChI=1S/C9H19NO/c1-9(4-3-5-9)8-10-6-7-11-2/h10H,3-8H2,1-2H3. The molecule has 0 radical (unpaired) electrons. The summed E-state index contributed by atoms with van der Waals surface area (Å²) in [6, 6.07) is 0. The summed E-state index contributed by atoms with van der Waals surface area (Å²) in [6.07, 6.45) is 4.21. The summed E-state index contributed by atoms with van der Waals surface area (Å²) in [7, 11) is 1.74. The van der Waals surface area contributed by atoms with Crippen molar-refractivity contribution in [3.8, 4) is 0 Å². The van der Waals surface area contributed by atoms with Crippen molar-refractivity contribution < 1.29 is 4.74 Å². The quantitative estimate of drug-likeness (QED) is 0.609. The second kappa shape index (κ2) is 4.07. The van der Waals surface area contributed by atoms with Gasteiger partial charge in [-0.25, -0.2) is 0 Å². The topological polar surface area (TPSA) is 21.3 Å². The van der Waals surface area contributed by atoms with Gasteiger partial charge in [0.25, 0.3) is 0 Å². The molecule has 66 valence electrons. The van der Waals surface area contributed by atoms with Crippen molar-refractivity contribution in [2.45, 2.75) is 26.2 Å². The predicted molar refractivity (Wildman–Crippen MR) is 46.7 cm³/mol. The molecule has 1 aliphatic carbocycles. The maximum Gasteiger partial charge on any atom is 0.0587 e. The maximum absolute atomic E-state index is 4.95. The van der Waals surface area contributed by atoms with Crippen molar-refractivity contribution in [3.63, 3.8) is 0 Å². The lowest BCUT2D eigenvalue weighted by atomic mass is 9.70. The van der Waals surface area contributed by atoms with E-state index in [-0.39, 0.29) is 0 Å². The average Bonchev–Trinajstić information content (AvgIpc) is 1.95. The van der Waals surface area contributed by atoms with Crippen molar-refractivity contribution >= 4 is 0 Å². The van der Waals surface area contributed by atoms with Crippen LogP contribution in [0.4, 0.5) is 0 Å². The van der Waals surface area contributed by atoms with E-state index in [0.717, 1.165) is 19.7 Å². The van der Waals surface area contributed by atoms with Crippen molar-refractivity contribution in [1.82, 2.24) is 5.32 Å². The number of nitrogens with one attached hydrogen (secondary N) is 1. The molecule has 1 saturated carbocycles. The smallest absolute Gasteiger partial charge is 0.0587 e. The Morgan fingerprint density at radius 3 is 2.64 bits per heavy atom. The van der Waals surface area contributed by atoms with Gasteiger partial charge in [0, 0.05) is 20.2 Å². The van der Waals surface area contributed by atoms with Crippen LogP contribution in [0.3, 0.4) is 0 Å². The Bertz CT molecular complexity index is 110. The third-order valence-corrected chi connectivity index (χ3v) is 2.60. The zero-order valence-corrected chi connectivity index (χ0v) is 7.65. The van der Waals surface area contributed by atoms with E-state index in [2.05, 4.69) is 12.2 Å². The first-order chi connectivity index (χ1) is 5.27. The van der Waals surface area contributed by atoms with E-state index in [9.17, 15) is 0 Å². The van der Waals surface area contributed by atoms with E-state index in [1.807, 2.05) is 0 Å². The van der Waals surface area contributed by atoms with Gasteiger partial charge in [0.15, 0.2) is 0 Å². The van der Waals surface area contributed by atoms with Gasteiger partial charge in [-0.15, -0.1) is 0 Å². The van der Waals surface area contributed by atoms with E-state index in [1.165, 1.54) is 19.3 Å². The van der Waals surface area contributed by atoms with Crippen molar-refractivity contribution in [2.75, 3.05) is 26.8 Å². The molecule has 2 nitrogen and oxygen atoms in total. The highest BCUT2D eigenvalue weighted by molar-refractivity contribution is 4.84. The monoisotopic (exact) mass is 157 g/mol. The molecular formula is C9H19NO. The highest BCUT2D eigenvalue weighted by Gasteiger charge is 2.30. The molecule has 1 aliphatic rings. The van der Waals surface area contributed by atoms with Crippen LogP contribution >= 0.6 is 0 Å². The first-order valence-electron chi connectivity index (χ1n) is 4.46. The molecule has 0 saturated heterocycles. The lowest BCUT2D eigenvalue weighted by Crippen LogP contribution is -2.38. The van der Waals surface area contributed by atoms with Crippen LogP contribution < -0.4 is 5.32 Å². The summed E-state index contributed by atoms with van der Waals surface area (Å²) in [5.74, 6) is 0. The molecule has 0 aromatic heterocycles. The summed E-state index contributed by atoms with van der Waals surface area (Å²) in [5, 5.41) is 3.40. The second-order valence-electron chi connectivity index (χ2n) is 3.83. The number of hydrogen-bond acceptors (Lipinski definition) is 2. The molecule has 0 aliphatic heterocycles. The number of methoxy groups -OCH3 is 1. The van der Waals surface area contributed by atoms with Gasteiger partial charge < -0.3 is 10.1 Å². The van der Waals surface area contributed by atoms with Crippen LogP contribution in [0.2, 0.25) is 0 Å². The minimum absolute atomic E-state index is 0.605. The van der Waals surface area contributed by atoms with Gasteiger partial charge in [0.05, 0.1) is 6.61 Å². The minimum atomic E-state index is 0.605. The normalized spacial score (nSPS) is 21.3. The van der Waals surface area contributed by atoms with Gasteiger partial charge >= 0.3 is 0 Å². The lowest BCUT2D eigenvalue weighted by molar-refractivity contribution is 0.145. The molecule has 1 fully saturated rings. The minimum Gasteiger partial charge on any atom is -0.383 e. The van der Waals surface area contributed by atoms with Crippen molar-refractivity contribution in [3.05, 3.63) is 0 Å². The Morgan fingerprint density at radius 2 is 2.18 bits per heavy atom. The van der Waals surface area contributed by atoms with Crippen LogP contribution in [0.5, 0.6) is 0 Å². The Hall–Kier alpha value is -0.0800. The third kappa shape index (κ3) is 2.80. The molecule has 0 aromatic carbocycles. The summed E-state index contributed by atoms with van der Waals surface area (Å²) < 4.78 is 4.95. The Balaban J connectivity index is 1.94. The molecule has 0 aromatic rings. The maximum atomic E-state index is 4.95. The lowest BCUT2D eigenvalue weighted by Gasteiger charge is -2.38. The Labute approximate surface area is 69.3 Å². The molecule has 1 N–H and O–H groups in total. The SMILES string of the molecule is COCCNCC1(C)CCC1. The molecule has 0 heterocycles. The Morgan fingerprint density at radius 1 is 1.45 bits per heavy atom. The van der Waals surface area contributed by atoms with E-state index in [4.69, 9.17) is 4.74 Å². The third-order valence-electron chi connectivity index (χ3n) is 2.60. The molecular weight excluding hydrogens is 138 g/mol. The molecule has 1 rings (SSSR count). The highest BCUT2D eigenvalue weighted by Crippen LogP contribution is 2.39. The first kappa shape index (κ1) is 9.01. The molecule has 11 heavy (non-hydrogen) atoms. The first-order valence-corrected chi connectivity index (χ1v) is 4.46. The Kier molecular flexibility index (Phi) is 3.34. The van der Waals surface area contributed by atoms with Crippen molar-refractivity contribution in [1.29, 1.82) is 0 Å². The van der Waals surface area contributed by atoms with Crippen LogP contribution in [-0.4, -0.2) is 26.8 Å². The van der Waals surface area contributed by atoms with Crippen molar-refractivity contribution in [2.24, 2.45) is 5.41 Å². The fourth-order valence-electron chi connectivity index (χ4n) is 1.52. The van der Waals surface area contributed by atoms with Crippen LogP contribution in [-0.2, 0) is 4.74 Å². The van der Waals surface area contributed by atoms with Gasteiger partial charge in [-0.3, -0.25) is 0 Å². The molecule has 0 amide bonds. The number of rotatable bonds is 5.